The van der Waals surface area contributed by atoms with Crippen LogP contribution >= 0.6 is 11.8 Å². The molecule has 2 aromatic carbocycles. The number of ether oxygens (including phenoxy) is 2. The van der Waals surface area contributed by atoms with Crippen molar-refractivity contribution in [3.8, 4) is 17.2 Å². The van der Waals surface area contributed by atoms with E-state index in [9.17, 15) is 14.7 Å². The van der Waals surface area contributed by atoms with Crippen LogP contribution in [0.3, 0.4) is 0 Å². The Hall–Kier alpha value is -2.93. The molecule has 1 aliphatic heterocycles. The van der Waals surface area contributed by atoms with E-state index in [0.29, 0.717) is 27.7 Å². The zero-order valence-electron chi connectivity index (χ0n) is 13.6. The van der Waals surface area contributed by atoms with Crippen LogP contribution in [0.15, 0.2) is 47.4 Å². The predicted octanol–water partition coefficient (Wildman–Crippen LogP) is 3.65. The summed E-state index contributed by atoms with van der Waals surface area (Å²) in [5.74, 6) is 0.545. The minimum Gasteiger partial charge on any atom is -0.504 e. The van der Waals surface area contributed by atoms with Crippen LogP contribution in [0.4, 0.5) is 10.5 Å². The number of thioether (sulfide) groups is 1. The molecule has 1 heterocycles. The largest absolute Gasteiger partial charge is 0.504 e. The number of methoxy groups -OCH3 is 2. The third-order valence-electron chi connectivity index (χ3n) is 3.63. The molecular formula is C18H15NO5S. The average Bonchev–Trinajstić information content (AvgIpc) is 2.90. The van der Waals surface area contributed by atoms with E-state index in [1.165, 1.54) is 13.2 Å². The lowest BCUT2D eigenvalue weighted by atomic mass is 10.2. The zero-order valence-corrected chi connectivity index (χ0v) is 14.4. The van der Waals surface area contributed by atoms with Crippen molar-refractivity contribution in [2.75, 3.05) is 19.1 Å². The first-order valence-electron chi connectivity index (χ1n) is 7.32. The maximum atomic E-state index is 12.6. The number of aromatic hydroxyl groups is 1. The van der Waals surface area contributed by atoms with E-state index in [1.54, 1.807) is 49.6 Å². The molecule has 1 aliphatic rings. The molecule has 0 radical (unpaired) electrons. The number of carbonyl (C=O) groups excluding carboxylic acids is 2. The van der Waals surface area contributed by atoms with Crippen LogP contribution in [0.25, 0.3) is 6.08 Å². The third kappa shape index (κ3) is 3.32. The molecule has 128 valence electrons. The van der Waals surface area contributed by atoms with E-state index in [-0.39, 0.29) is 11.0 Å². The molecule has 0 aliphatic carbocycles. The van der Waals surface area contributed by atoms with Gasteiger partial charge in [-0.3, -0.25) is 9.59 Å². The predicted molar refractivity (Wildman–Crippen MR) is 96.1 cm³/mol. The van der Waals surface area contributed by atoms with Gasteiger partial charge in [-0.15, -0.1) is 0 Å². The average molecular weight is 357 g/mol. The van der Waals surface area contributed by atoms with E-state index in [4.69, 9.17) is 9.47 Å². The van der Waals surface area contributed by atoms with E-state index in [0.717, 1.165) is 16.7 Å². The van der Waals surface area contributed by atoms with Gasteiger partial charge in [-0.25, -0.2) is 4.90 Å². The minimum absolute atomic E-state index is 0.00554. The van der Waals surface area contributed by atoms with Crippen molar-refractivity contribution in [3.63, 3.8) is 0 Å². The molecule has 0 aromatic heterocycles. The Morgan fingerprint density at radius 3 is 2.40 bits per heavy atom. The lowest BCUT2D eigenvalue weighted by molar-refractivity contribution is -0.113. The van der Waals surface area contributed by atoms with Crippen LogP contribution in [0.1, 0.15) is 5.56 Å². The Morgan fingerprint density at radius 1 is 1.04 bits per heavy atom. The van der Waals surface area contributed by atoms with Crippen LogP contribution < -0.4 is 14.4 Å². The normalized spacial score (nSPS) is 15.8. The monoisotopic (exact) mass is 357 g/mol. The quantitative estimate of drug-likeness (QED) is 0.842. The summed E-state index contributed by atoms with van der Waals surface area (Å²) in [5.41, 5.74) is 1.13. The number of hydrogen-bond donors (Lipinski definition) is 1. The van der Waals surface area contributed by atoms with Crippen molar-refractivity contribution in [3.05, 3.63) is 52.9 Å². The number of hydrogen-bond acceptors (Lipinski definition) is 6. The van der Waals surface area contributed by atoms with Crippen molar-refractivity contribution < 1.29 is 24.2 Å². The molecule has 6 nitrogen and oxygen atoms in total. The number of phenols is 1. The van der Waals surface area contributed by atoms with E-state index in [2.05, 4.69) is 0 Å². The molecule has 7 heteroatoms. The summed E-state index contributed by atoms with van der Waals surface area (Å²) in [7, 11) is 2.99. The summed E-state index contributed by atoms with van der Waals surface area (Å²) in [6.45, 7) is 0. The third-order valence-corrected chi connectivity index (χ3v) is 4.50. The van der Waals surface area contributed by atoms with Gasteiger partial charge in [0.15, 0.2) is 11.5 Å². The number of amides is 2. The van der Waals surface area contributed by atoms with Crippen LogP contribution in [-0.2, 0) is 4.79 Å². The Balaban J connectivity index is 1.90. The highest BCUT2D eigenvalue weighted by molar-refractivity contribution is 8.19. The van der Waals surface area contributed by atoms with E-state index in [1.807, 2.05) is 0 Å². The molecule has 3 rings (SSSR count). The van der Waals surface area contributed by atoms with Gasteiger partial charge in [-0.1, -0.05) is 6.07 Å². The lowest BCUT2D eigenvalue weighted by Crippen LogP contribution is -2.27. The number of phenolic OH excluding ortho intramolecular Hbond substituents is 1. The number of imide groups is 1. The summed E-state index contributed by atoms with van der Waals surface area (Å²) < 4.78 is 10.1. The second-order valence-electron chi connectivity index (χ2n) is 5.15. The summed E-state index contributed by atoms with van der Waals surface area (Å²) >= 11 is 0.863. The summed E-state index contributed by atoms with van der Waals surface area (Å²) in [6, 6.07) is 11.4. The highest BCUT2D eigenvalue weighted by atomic mass is 32.2. The Kier molecular flexibility index (Phi) is 4.67. The van der Waals surface area contributed by atoms with Gasteiger partial charge < -0.3 is 14.6 Å². The molecule has 0 unspecified atom stereocenters. The fourth-order valence-electron chi connectivity index (χ4n) is 2.36. The second kappa shape index (κ2) is 6.90. The fraction of sp³-hybridized carbons (Fsp3) is 0.111. The Labute approximate surface area is 148 Å². The smallest absolute Gasteiger partial charge is 0.298 e. The first-order valence-corrected chi connectivity index (χ1v) is 8.14. The minimum atomic E-state index is -0.396. The Morgan fingerprint density at radius 2 is 1.76 bits per heavy atom. The topological polar surface area (TPSA) is 76.1 Å². The van der Waals surface area contributed by atoms with Gasteiger partial charge in [0.2, 0.25) is 0 Å². The van der Waals surface area contributed by atoms with Crippen molar-refractivity contribution >= 4 is 34.7 Å². The maximum Gasteiger partial charge on any atom is 0.298 e. The van der Waals surface area contributed by atoms with Crippen molar-refractivity contribution in [1.29, 1.82) is 0 Å². The molecule has 1 fully saturated rings. The van der Waals surface area contributed by atoms with Gasteiger partial charge >= 0.3 is 0 Å². The number of nitrogens with zero attached hydrogens (tertiary/aromatic N) is 1. The van der Waals surface area contributed by atoms with Crippen molar-refractivity contribution in [2.24, 2.45) is 0 Å². The van der Waals surface area contributed by atoms with Gasteiger partial charge in [0.05, 0.1) is 24.8 Å². The first-order chi connectivity index (χ1) is 12.0. The van der Waals surface area contributed by atoms with Crippen molar-refractivity contribution in [1.82, 2.24) is 0 Å². The van der Waals surface area contributed by atoms with Gasteiger partial charge in [-0.2, -0.15) is 0 Å². The van der Waals surface area contributed by atoms with Crippen LogP contribution in [0, 0.1) is 0 Å². The van der Waals surface area contributed by atoms with Crippen LogP contribution in [0.2, 0.25) is 0 Å². The Bertz CT molecular complexity index is 860. The molecule has 0 bridgehead atoms. The van der Waals surface area contributed by atoms with Crippen LogP contribution in [0.5, 0.6) is 17.2 Å². The molecule has 25 heavy (non-hydrogen) atoms. The number of anilines is 1. The lowest BCUT2D eigenvalue weighted by Gasteiger charge is -2.12. The summed E-state index contributed by atoms with van der Waals surface area (Å²) in [4.78, 5) is 26.3. The molecule has 0 saturated carbocycles. The van der Waals surface area contributed by atoms with Crippen molar-refractivity contribution in [2.45, 2.75) is 0 Å². The van der Waals surface area contributed by atoms with Gasteiger partial charge in [0.1, 0.15) is 5.75 Å². The molecule has 0 spiro atoms. The number of benzene rings is 2. The zero-order chi connectivity index (χ0) is 18.0. The molecule has 1 saturated heterocycles. The fourth-order valence-corrected chi connectivity index (χ4v) is 3.20. The van der Waals surface area contributed by atoms with Gasteiger partial charge in [0, 0.05) is 0 Å². The number of rotatable bonds is 4. The number of carbonyl (C=O) groups is 2. The summed E-state index contributed by atoms with van der Waals surface area (Å²) in [6.07, 6.45) is 1.59. The van der Waals surface area contributed by atoms with E-state index >= 15 is 0 Å². The highest BCUT2D eigenvalue weighted by Gasteiger charge is 2.36. The highest BCUT2D eigenvalue weighted by Crippen LogP contribution is 2.37. The molecule has 2 amide bonds. The van der Waals surface area contributed by atoms with E-state index < -0.39 is 5.91 Å². The molecule has 0 atom stereocenters. The standard InChI is InChI=1S/C18H15NO5S/c1-23-13-6-4-12(5-7-13)19-17(21)16(25-18(19)22)10-11-3-8-14(20)15(9-11)24-2/h3-10,20H,1-2H3. The molecular weight excluding hydrogens is 342 g/mol. The second-order valence-corrected chi connectivity index (χ2v) is 6.14. The molecule has 2 aromatic rings. The molecule has 1 N–H and O–H groups in total. The van der Waals surface area contributed by atoms with Gasteiger partial charge in [0.25, 0.3) is 11.1 Å². The first kappa shape index (κ1) is 16.9. The maximum absolute atomic E-state index is 12.6. The SMILES string of the molecule is COc1ccc(N2C(=O)SC(=Cc3ccc(O)c(OC)c3)C2=O)cc1. The van der Waals surface area contributed by atoms with Gasteiger partial charge in [-0.05, 0) is 59.8 Å². The van der Waals surface area contributed by atoms with Crippen LogP contribution in [-0.4, -0.2) is 30.5 Å². The summed E-state index contributed by atoms with van der Waals surface area (Å²) in [5, 5.41) is 9.26.